The molecule has 0 spiro atoms. The van der Waals surface area contributed by atoms with Crippen LogP contribution in [0.1, 0.15) is 27.2 Å². The smallest absolute Gasteiger partial charge is 0.310 e. The van der Waals surface area contributed by atoms with Crippen LogP contribution in [0.2, 0.25) is 0 Å². The van der Waals surface area contributed by atoms with Gasteiger partial charge in [-0.3, -0.25) is 4.79 Å². The summed E-state index contributed by atoms with van der Waals surface area (Å²) in [7, 11) is 1.40. The molecule has 0 radical (unpaired) electrons. The predicted octanol–water partition coefficient (Wildman–Crippen LogP) is 1.86. The molecule has 0 saturated carbocycles. The maximum atomic E-state index is 10.9. The third-order valence-corrected chi connectivity index (χ3v) is 1.81. The van der Waals surface area contributed by atoms with Crippen LogP contribution in [-0.2, 0) is 14.3 Å². The van der Waals surface area contributed by atoms with Crippen molar-refractivity contribution in [2.24, 2.45) is 11.8 Å². The fourth-order valence-electron chi connectivity index (χ4n) is 0.848. The molecule has 0 aliphatic carbocycles. The van der Waals surface area contributed by atoms with Crippen molar-refractivity contribution in [1.29, 1.82) is 0 Å². The molecule has 0 N–H and O–H groups in total. The van der Waals surface area contributed by atoms with Gasteiger partial charge >= 0.3 is 5.97 Å². The molecular weight excluding hydrogens is 168 g/mol. The zero-order valence-corrected chi connectivity index (χ0v) is 9.00. The third kappa shape index (κ3) is 6.58. The lowest BCUT2D eigenvalue weighted by atomic mass is 10.1. The van der Waals surface area contributed by atoms with E-state index in [1.807, 2.05) is 0 Å². The molecule has 0 fully saturated rings. The first kappa shape index (κ1) is 12.4. The van der Waals surface area contributed by atoms with Gasteiger partial charge in [0.1, 0.15) is 0 Å². The summed E-state index contributed by atoms with van der Waals surface area (Å²) in [6.45, 7) is 7.28. The van der Waals surface area contributed by atoms with Crippen LogP contribution in [0, 0.1) is 11.8 Å². The minimum Gasteiger partial charge on any atom is -0.469 e. The zero-order valence-electron chi connectivity index (χ0n) is 9.00. The summed E-state index contributed by atoms with van der Waals surface area (Å²) in [4.78, 5) is 10.9. The topological polar surface area (TPSA) is 35.5 Å². The molecule has 0 rings (SSSR count). The fourth-order valence-corrected chi connectivity index (χ4v) is 0.848. The Morgan fingerprint density at radius 1 is 1.31 bits per heavy atom. The Kier molecular flexibility index (Phi) is 6.59. The van der Waals surface area contributed by atoms with Gasteiger partial charge in [0.05, 0.1) is 19.6 Å². The van der Waals surface area contributed by atoms with Crippen LogP contribution in [0.15, 0.2) is 0 Å². The molecule has 0 heterocycles. The van der Waals surface area contributed by atoms with Gasteiger partial charge in [0.25, 0.3) is 0 Å². The lowest BCUT2D eigenvalue weighted by Gasteiger charge is -2.10. The predicted molar refractivity (Wildman–Crippen MR) is 51.5 cm³/mol. The SMILES string of the molecule is COC(=O)C(C)COCCC(C)C. The summed E-state index contributed by atoms with van der Waals surface area (Å²) in [5.74, 6) is 0.287. The second-order valence-corrected chi connectivity index (χ2v) is 3.68. The summed E-state index contributed by atoms with van der Waals surface area (Å²) >= 11 is 0. The minimum absolute atomic E-state index is 0.155. The van der Waals surface area contributed by atoms with Crippen molar-refractivity contribution in [3.8, 4) is 0 Å². The number of methoxy groups -OCH3 is 1. The van der Waals surface area contributed by atoms with Crippen LogP contribution in [0.5, 0.6) is 0 Å². The molecule has 1 unspecified atom stereocenters. The number of hydrogen-bond donors (Lipinski definition) is 0. The second-order valence-electron chi connectivity index (χ2n) is 3.68. The number of rotatable bonds is 6. The van der Waals surface area contributed by atoms with E-state index >= 15 is 0 Å². The first-order valence-electron chi connectivity index (χ1n) is 4.73. The average molecular weight is 188 g/mol. The number of ether oxygens (including phenoxy) is 2. The highest BCUT2D eigenvalue weighted by Crippen LogP contribution is 2.02. The molecule has 3 heteroatoms. The molecule has 0 aliphatic heterocycles. The Bertz CT molecular complexity index is 143. The molecule has 3 nitrogen and oxygen atoms in total. The van der Waals surface area contributed by atoms with Gasteiger partial charge in [-0.2, -0.15) is 0 Å². The Balaban J connectivity index is 3.37. The second kappa shape index (κ2) is 6.89. The molecule has 0 aromatic heterocycles. The lowest BCUT2D eigenvalue weighted by Crippen LogP contribution is -2.18. The lowest BCUT2D eigenvalue weighted by molar-refractivity contribution is -0.146. The quantitative estimate of drug-likeness (QED) is 0.471. The zero-order chi connectivity index (χ0) is 10.3. The third-order valence-electron chi connectivity index (χ3n) is 1.81. The highest BCUT2D eigenvalue weighted by molar-refractivity contribution is 5.71. The van der Waals surface area contributed by atoms with Gasteiger partial charge in [0.15, 0.2) is 0 Å². The van der Waals surface area contributed by atoms with Crippen molar-refractivity contribution in [3.05, 3.63) is 0 Å². The van der Waals surface area contributed by atoms with Gasteiger partial charge in [0.2, 0.25) is 0 Å². The van der Waals surface area contributed by atoms with Crippen molar-refractivity contribution in [2.45, 2.75) is 27.2 Å². The first-order valence-corrected chi connectivity index (χ1v) is 4.73. The summed E-state index contributed by atoms with van der Waals surface area (Å²) in [5, 5.41) is 0. The summed E-state index contributed by atoms with van der Waals surface area (Å²) in [6.07, 6.45) is 1.04. The number of hydrogen-bond acceptors (Lipinski definition) is 3. The summed E-state index contributed by atoms with van der Waals surface area (Å²) in [5.41, 5.74) is 0. The summed E-state index contributed by atoms with van der Waals surface area (Å²) < 4.78 is 9.90. The molecule has 1 atom stereocenters. The van der Waals surface area contributed by atoms with E-state index in [0.717, 1.165) is 13.0 Å². The highest BCUT2D eigenvalue weighted by Gasteiger charge is 2.12. The van der Waals surface area contributed by atoms with Crippen LogP contribution in [-0.4, -0.2) is 26.3 Å². The first-order chi connectivity index (χ1) is 6.07. The van der Waals surface area contributed by atoms with Crippen molar-refractivity contribution < 1.29 is 14.3 Å². The molecule has 0 aromatic carbocycles. The maximum Gasteiger partial charge on any atom is 0.310 e. The van der Waals surface area contributed by atoms with Crippen molar-refractivity contribution in [3.63, 3.8) is 0 Å². The largest absolute Gasteiger partial charge is 0.469 e. The van der Waals surface area contributed by atoms with Crippen LogP contribution in [0.3, 0.4) is 0 Å². The highest BCUT2D eigenvalue weighted by atomic mass is 16.5. The monoisotopic (exact) mass is 188 g/mol. The molecule has 13 heavy (non-hydrogen) atoms. The summed E-state index contributed by atoms with van der Waals surface area (Å²) in [6, 6.07) is 0. The van der Waals surface area contributed by atoms with Gasteiger partial charge in [-0.1, -0.05) is 13.8 Å². The number of carbonyl (C=O) groups is 1. The van der Waals surface area contributed by atoms with E-state index in [-0.39, 0.29) is 11.9 Å². The van der Waals surface area contributed by atoms with E-state index in [1.165, 1.54) is 7.11 Å². The van der Waals surface area contributed by atoms with Gasteiger partial charge in [-0.25, -0.2) is 0 Å². The van der Waals surface area contributed by atoms with E-state index < -0.39 is 0 Å². The molecule has 78 valence electrons. The molecule has 0 amide bonds. The van der Waals surface area contributed by atoms with Gasteiger partial charge in [0, 0.05) is 6.61 Å². The van der Waals surface area contributed by atoms with E-state index in [4.69, 9.17) is 4.74 Å². The molecule has 0 aromatic rings. The van der Waals surface area contributed by atoms with Crippen LogP contribution >= 0.6 is 0 Å². The van der Waals surface area contributed by atoms with Crippen LogP contribution in [0.4, 0.5) is 0 Å². The Morgan fingerprint density at radius 3 is 2.38 bits per heavy atom. The van der Waals surface area contributed by atoms with Crippen LogP contribution < -0.4 is 0 Å². The van der Waals surface area contributed by atoms with Crippen LogP contribution in [0.25, 0.3) is 0 Å². The molecule has 0 bridgehead atoms. The molecular formula is C10H20O3. The average Bonchev–Trinajstić information content (AvgIpc) is 2.10. The van der Waals surface area contributed by atoms with Crippen molar-refractivity contribution in [2.75, 3.05) is 20.3 Å². The minimum atomic E-state index is -0.204. The standard InChI is InChI=1S/C10H20O3/c1-8(2)5-6-13-7-9(3)10(11)12-4/h8-9H,5-7H2,1-4H3. The normalized spacial score (nSPS) is 13.0. The Hall–Kier alpha value is -0.570. The number of esters is 1. The number of carbonyl (C=O) groups excluding carboxylic acids is 1. The Morgan fingerprint density at radius 2 is 1.92 bits per heavy atom. The van der Waals surface area contributed by atoms with Crippen molar-refractivity contribution >= 4 is 5.97 Å². The maximum absolute atomic E-state index is 10.9. The fraction of sp³-hybridized carbons (Fsp3) is 0.900. The van der Waals surface area contributed by atoms with E-state index in [9.17, 15) is 4.79 Å². The van der Waals surface area contributed by atoms with E-state index in [0.29, 0.717) is 12.5 Å². The van der Waals surface area contributed by atoms with Gasteiger partial charge < -0.3 is 9.47 Å². The van der Waals surface area contributed by atoms with Crippen molar-refractivity contribution in [1.82, 2.24) is 0 Å². The Labute approximate surface area is 80.4 Å². The van der Waals surface area contributed by atoms with Gasteiger partial charge in [-0.15, -0.1) is 0 Å². The van der Waals surface area contributed by atoms with E-state index in [1.54, 1.807) is 6.92 Å². The van der Waals surface area contributed by atoms with E-state index in [2.05, 4.69) is 18.6 Å². The molecule has 0 aliphatic rings. The molecule has 0 saturated heterocycles. The van der Waals surface area contributed by atoms with Gasteiger partial charge in [-0.05, 0) is 19.3 Å².